The SMILES string of the molecule is CC(C)CCCN1CCN(c2ccc3nc(-c4ccc(C5(N)CCC5)cc4)c(-c4ccccc4)nc3n2)CC1. The summed E-state index contributed by atoms with van der Waals surface area (Å²) in [6.45, 7) is 9.95. The number of fused-ring (bicyclic) bond motifs is 1. The normalized spacial score (nSPS) is 17.5. The molecule has 0 atom stereocenters. The number of pyridine rings is 1. The van der Waals surface area contributed by atoms with Crippen molar-refractivity contribution in [2.24, 2.45) is 11.7 Å². The Morgan fingerprint density at radius 3 is 2.15 bits per heavy atom. The van der Waals surface area contributed by atoms with Gasteiger partial charge in [-0.05, 0) is 62.3 Å². The first-order valence-electron chi connectivity index (χ1n) is 14.6. The highest BCUT2D eigenvalue weighted by atomic mass is 15.3. The molecule has 0 bridgehead atoms. The van der Waals surface area contributed by atoms with Crippen LogP contribution in [0, 0.1) is 5.92 Å². The number of nitrogens with two attached hydrogens (primary N) is 1. The van der Waals surface area contributed by atoms with Gasteiger partial charge in [0.1, 0.15) is 11.3 Å². The van der Waals surface area contributed by atoms with Crippen molar-refractivity contribution in [3.05, 3.63) is 72.3 Å². The summed E-state index contributed by atoms with van der Waals surface area (Å²) in [7, 11) is 0. The van der Waals surface area contributed by atoms with Gasteiger partial charge in [0, 0.05) is 42.8 Å². The van der Waals surface area contributed by atoms with Gasteiger partial charge in [-0.1, -0.05) is 68.4 Å². The summed E-state index contributed by atoms with van der Waals surface area (Å²) in [6, 6.07) is 23.1. The van der Waals surface area contributed by atoms with E-state index >= 15 is 0 Å². The molecule has 1 saturated carbocycles. The molecule has 1 aliphatic carbocycles. The molecule has 0 unspecified atom stereocenters. The van der Waals surface area contributed by atoms with Crippen LogP contribution in [-0.4, -0.2) is 52.6 Å². The van der Waals surface area contributed by atoms with E-state index in [1.165, 1.54) is 31.4 Å². The van der Waals surface area contributed by atoms with Crippen LogP contribution in [0.25, 0.3) is 33.7 Å². The molecule has 2 N–H and O–H groups in total. The number of hydrogen-bond acceptors (Lipinski definition) is 6. The lowest BCUT2D eigenvalue weighted by Crippen LogP contribution is -2.47. The molecule has 4 aromatic rings. The topological polar surface area (TPSA) is 71.2 Å². The van der Waals surface area contributed by atoms with Gasteiger partial charge >= 0.3 is 0 Å². The van der Waals surface area contributed by atoms with Crippen molar-refractivity contribution < 1.29 is 0 Å². The third-order valence-electron chi connectivity index (χ3n) is 8.49. The van der Waals surface area contributed by atoms with E-state index in [0.29, 0.717) is 5.65 Å². The predicted octanol–water partition coefficient (Wildman–Crippen LogP) is 6.25. The van der Waals surface area contributed by atoms with Gasteiger partial charge in [-0.2, -0.15) is 0 Å². The fourth-order valence-corrected chi connectivity index (χ4v) is 5.84. The second-order valence-corrected chi connectivity index (χ2v) is 11.8. The van der Waals surface area contributed by atoms with Gasteiger partial charge in [0.25, 0.3) is 0 Å². The molecule has 0 amide bonds. The van der Waals surface area contributed by atoms with Gasteiger partial charge < -0.3 is 10.6 Å². The first-order chi connectivity index (χ1) is 19.0. The Morgan fingerprint density at radius 1 is 0.795 bits per heavy atom. The van der Waals surface area contributed by atoms with E-state index < -0.39 is 0 Å². The zero-order chi connectivity index (χ0) is 26.8. The summed E-state index contributed by atoms with van der Waals surface area (Å²) >= 11 is 0. The van der Waals surface area contributed by atoms with Crippen molar-refractivity contribution in [3.63, 3.8) is 0 Å². The molecule has 0 radical (unpaired) electrons. The average molecular weight is 521 g/mol. The van der Waals surface area contributed by atoms with Crippen molar-refractivity contribution in [2.45, 2.75) is 51.5 Å². The van der Waals surface area contributed by atoms with Crippen molar-refractivity contribution in [2.75, 3.05) is 37.6 Å². The summed E-state index contributed by atoms with van der Waals surface area (Å²) in [4.78, 5) is 20.2. The standard InChI is InChI=1S/C33H40N6/c1-24(2)8-6-19-38-20-22-39(23-21-38)29-16-15-28-32(36-29)37-31(25-9-4-3-5-10-25)30(35-28)26-11-13-27(14-12-26)33(34)17-7-18-33/h3-5,9-16,24H,6-8,17-23,34H2,1-2H3. The second-order valence-electron chi connectivity index (χ2n) is 11.8. The second kappa shape index (κ2) is 11.0. The summed E-state index contributed by atoms with van der Waals surface area (Å²) in [5.41, 5.74) is 13.0. The van der Waals surface area contributed by atoms with Gasteiger partial charge in [0.15, 0.2) is 5.65 Å². The minimum atomic E-state index is -0.171. The van der Waals surface area contributed by atoms with Crippen LogP contribution >= 0.6 is 0 Å². The smallest absolute Gasteiger partial charge is 0.180 e. The first kappa shape index (κ1) is 25.9. The molecule has 6 rings (SSSR count). The van der Waals surface area contributed by atoms with Crippen LogP contribution in [0.1, 0.15) is 51.5 Å². The Morgan fingerprint density at radius 2 is 1.49 bits per heavy atom. The summed E-state index contributed by atoms with van der Waals surface area (Å²) in [5.74, 6) is 1.77. The maximum Gasteiger partial charge on any atom is 0.180 e. The third-order valence-corrected chi connectivity index (χ3v) is 8.49. The Balaban J connectivity index is 1.28. The van der Waals surface area contributed by atoms with Crippen LogP contribution < -0.4 is 10.6 Å². The minimum Gasteiger partial charge on any atom is -0.354 e. The fourth-order valence-electron chi connectivity index (χ4n) is 5.84. The lowest BCUT2D eigenvalue weighted by Gasteiger charge is -2.38. The fraction of sp³-hybridized carbons (Fsp3) is 0.424. The Bertz CT molecular complexity index is 1400. The predicted molar refractivity (Wildman–Crippen MR) is 161 cm³/mol. The highest BCUT2D eigenvalue weighted by Gasteiger charge is 2.34. The maximum absolute atomic E-state index is 6.58. The van der Waals surface area contributed by atoms with E-state index in [1.54, 1.807) is 0 Å². The molecule has 6 heteroatoms. The molecular formula is C33H40N6. The number of nitrogens with zero attached hydrogens (tertiary/aromatic N) is 5. The Hall–Kier alpha value is -3.35. The molecule has 1 saturated heterocycles. The minimum absolute atomic E-state index is 0.171. The van der Waals surface area contributed by atoms with Crippen LogP contribution in [0.5, 0.6) is 0 Å². The van der Waals surface area contributed by atoms with Crippen LogP contribution in [-0.2, 0) is 5.54 Å². The number of anilines is 1. The molecule has 202 valence electrons. The Labute approximate surface area is 232 Å². The maximum atomic E-state index is 6.58. The Kier molecular flexibility index (Phi) is 7.32. The van der Waals surface area contributed by atoms with Crippen molar-refractivity contribution in [1.82, 2.24) is 19.9 Å². The van der Waals surface area contributed by atoms with Crippen molar-refractivity contribution >= 4 is 17.0 Å². The lowest BCUT2D eigenvalue weighted by molar-refractivity contribution is 0.248. The van der Waals surface area contributed by atoms with Gasteiger partial charge in [-0.3, -0.25) is 4.90 Å². The zero-order valence-corrected chi connectivity index (χ0v) is 23.3. The van der Waals surface area contributed by atoms with E-state index in [1.807, 2.05) is 18.2 Å². The van der Waals surface area contributed by atoms with E-state index in [0.717, 1.165) is 78.8 Å². The molecular weight excluding hydrogens is 480 g/mol. The van der Waals surface area contributed by atoms with Gasteiger partial charge in [-0.15, -0.1) is 0 Å². The molecule has 3 heterocycles. The average Bonchev–Trinajstić information content (AvgIpc) is 2.96. The molecule has 1 aliphatic heterocycles. The summed E-state index contributed by atoms with van der Waals surface area (Å²) < 4.78 is 0. The third kappa shape index (κ3) is 5.54. The van der Waals surface area contributed by atoms with Crippen LogP contribution in [0.15, 0.2) is 66.7 Å². The monoisotopic (exact) mass is 520 g/mol. The van der Waals surface area contributed by atoms with Crippen LogP contribution in [0.4, 0.5) is 5.82 Å². The molecule has 39 heavy (non-hydrogen) atoms. The largest absolute Gasteiger partial charge is 0.354 e. The highest BCUT2D eigenvalue weighted by Crippen LogP contribution is 2.39. The molecule has 6 nitrogen and oxygen atoms in total. The number of piperazine rings is 1. The van der Waals surface area contributed by atoms with Crippen molar-refractivity contribution in [3.8, 4) is 22.5 Å². The van der Waals surface area contributed by atoms with Gasteiger partial charge in [0.05, 0.1) is 11.4 Å². The number of aromatic nitrogens is 3. The van der Waals surface area contributed by atoms with Crippen LogP contribution in [0.2, 0.25) is 0 Å². The number of rotatable bonds is 8. The lowest BCUT2D eigenvalue weighted by atomic mass is 9.72. The number of hydrogen-bond donors (Lipinski definition) is 1. The summed E-state index contributed by atoms with van der Waals surface area (Å²) in [5, 5.41) is 0. The molecule has 2 aromatic heterocycles. The van der Waals surface area contributed by atoms with E-state index in [2.05, 4.69) is 72.2 Å². The first-order valence-corrected chi connectivity index (χ1v) is 14.6. The zero-order valence-electron chi connectivity index (χ0n) is 23.3. The quantitative estimate of drug-likeness (QED) is 0.296. The van der Waals surface area contributed by atoms with Crippen molar-refractivity contribution in [1.29, 1.82) is 0 Å². The van der Waals surface area contributed by atoms with E-state index in [-0.39, 0.29) is 5.54 Å². The molecule has 2 aliphatic rings. The van der Waals surface area contributed by atoms with Crippen LogP contribution in [0.3, 0.4) is 0 Å². The highest BCUT2D eigenvalue weighted by molar-refractivity contribution is 5.85. The molecule has 0 spiro atoms. The van der Waals surface area contributed by atoms with E-state index in [9.17, 15) is 0 Å². The summed E-state index contributed by atoms with van der Waals surface area (Å²) in [6.07, 6.45) is 5.89. The van der Waals surface area contributed by atoms with Gasteiger partial charge in [0.2, 0.25) is 0 Å². The molecule has 2 fully saturated rings. The molecule has 2 aromatic carbocycles. The number of benzene rings is 2. The van der Waals surface area contributed by atoms with Gasteiger partial charge in [-0.25, -0.2) is 15.0 Å². The van der Waals surface area contributed by atoms with E-state index in [4.69, 9.17) is 20.7 Å².